The minimum atomic E-state index is -0.677. The SMILES string of the molecule is C[C@H](OC(=O)c1ccc(F)cc1Br)c1cccc([N+](=O)[O-])c1. The summed E-state index contributed by atoms with van der Waals surface area (Å²) in [6.07, 6.45) is -0.677. The molecule has 1 atom stereocenters. The Bertz CT molecular complexity index is 735. The summed E-state index contributed by atoms with van der Waals surface area (Å²) in [5.41, 5.74) is 0.600. The predicted octanol–water partition coefficient (Wildman–Crippen LogP) is 4.41. The first-order valence-electron chi connectivity index (χ1n) is 6.29. The second-order valence-corrected chi connectivity index (χ2v) is 5.38. The van der Waals surface area contributed by atoms with E-state index in [4.69, 9.17) is 4.74 Å². The largest absolute Gasteiger partial charge is 0.454 e. The number of benzene rings is 2. The molecule has 0 fully saturated rings. The zero-order valence-corrected chi connectivity index (χ0v) is 13.0. The lowest BCUT2D eigenvalue weighted by Gasteiger charge is -2.14. The standard InChI is InChI=1S/C15H11BrFNO4/c1-9(10-3-2-4-12(7-10)18(20)21)22-15(19)13-6-5-11(17)8-14(13)16/h2-9H,1H3/t9-/m0/s1. The zero-order valence-electron chi connectivity index (χ0n) is 11.5. The maximum Gasteiger partial charge on any atom is 0.339 e. The number of hydrogen-bond donors (Lipinski definition) is 0. The van der Waals surface area contributed by atoms with Gasteiger partial charge < -0.3 is 4.74 Å². The van der Waals surface area contributed by atoms with E-state index in [0.717, 1.165) is 12.1 Å². The molecular formula is C15H11BrFNO4. The minimum Gasteiger partial charge on any atom is -0.454 e. The molecule has 22 heavy (non-hydrogen) atoms. The highest BCUT2D eigenvalue weighted by Crippen LogP contribution is 2.25. The van der Waals surface area contributed by atoms with Gasteiger partial charge in [-0.05, 0) is 46.6 Å². The maximum atomic E-state index is 13.0. The molecule has 0 aromatic heterocycles. The van der Waals surface area contributed by atoms with E-state index in [1.807, 2.05) is 0 Å². The van der Waals surface area contributed by atoms with Crippen LogP contribution in [-0.4, -0.2) is 10.9 Å². The molecule has 0 unspecified atom stereocenters. The maximum absolute atomic E-state index is 13.0. The van der Waals surface area contributed by atoms with Crippen molar-refractivity contribution >= 4 is 27.6 Å². The third-order valence-corrected chi connectivity index (χ3v) is 3.64. The Morgan fingerprint density at radius 2 is 2.05 bits per heavy atom. The molecule has 0 radical (unpaired) electrons. The second kappa shape index (κ2) is 6.65. The van der Waals surface area contributed by atoms with Gasteiger partial charge in [-0.2, -0.15) is 0 Å². The third-order valence-electron chi connectivity index (χ3n) is 2.99. The Labute approximate surface area is 134 Å². The first-order valence-corrected chi connectivity index (χ1v) is 7.08. The number of hydrogen-bond acceptors (Lipinski definition) is 4. The molecule has 0 N–H and O–H groups in total. The van der Waals surface area contributed by atoms with Crippen molar-refractivity contribution in [3.8, 4) is 0 Å². The molecule has 0 spiro atoms. The van der Waals surface area contributed by atoms with Crippen LogP contribution in [0.4, 0.5) is 10.1 Å². The molecular weight excluding hydrogens is 357 g/mol. The van der Waals surface area contributed by atoms with E-state index in [1.54, 1.807) is 13.0 Å². The monoisotopic (exact) mass is 367 g/mol. The van der Waals surface area contributed by atoms with Gasteiger partial charge in [0.25, 0.3) is 5.69 Å². The topological polar surface area (TPSA) is 69.4 Å². The van der Waals surface area contributed by atoms with Crippen LogP contribution in [0.25, 0.3) is 0 Å². The van der Waals surface area contributed by atoms with Gasteiger partial charge in [0.1, 0.15) is 11.9 Å². The molecule has 0 aliphatic rings. The second-order valence-electron chi connectivity index (χ2n) is 4.52. The number of ether oxygens (including phenoxy) is 1. The van der Waals surface area contributed by atoms with Gasteiger partial charge in [0, 0.05) is 16.6 Å². The summed E-state index contributed by atoms with van der Waals surface area (Å²) in [5, 5.41) is 10.8. The molecule has 7 heteroatoms. The fourth-order valence-electron chi connectivity index (χ4n) is 1.84. The summed E-state index contributed by atoms with van der Waals surface area (Å²) >= 11 is 3.09. The normalized spacial score (nSPS) is 11.8. The molecule has 5 nitrogen and oxygen atoms in total. The van der Waals surface area contributed by atoms with Crippen molar-refractivity contribution in [2.75, 3.05) is 0 Å². The zero-order chi connectivity index (χ0) is 16.3. The van der Waals surface area contributed by atoms with Crippen LogP contribution in [0.2, 0.25) is 0 Å². The smallest absolute Gasteiger partial charge is 0.339 e. The van der Waals surface area contributed by atoms with Crippen molar-refractivity contribution in [2.45, 2.75) is 13.0 Å². The molecule has 0 saturated carbocycles. The van der Waals surface area contributed by atoms with Crippen LogP contribution in [0.15, 0.2) is 46.9 Å². The molecule has 0 aliphatic heterocycles. The lowest BCUT2D eigenvalue weighted by molar-refractivity contribution is -0.385. The van der Waals surface area contributed by atoms with E-state index >= 15 is 0 Å². The van der Waals surface area contributed by atoms with Crippen LogP contribution in [-0.2, 0) is 4.74 Å². The van der Waals surface area contributed by atoms with Gasteiger partial charge in [0.15, 0.2) is 0 Å². The Morgan fingerprint density at radius 3 is 2.68 bits per heavy atom. The quantitative estimate of drug-likeness (QED) is 0.455. The number of rotatable bonds is 4. The molecule has 2 aromatic carbocycles. The van der Waals surface area contributed by atoms with Crippen LogP contribution in [0.3, 0.4) is 0 Å². The van der Waals surface area contributed by atoms with Crippen molar-refractivity contribution in [3.05, 3.63) is 74.0 Å². The summed E-state index contributed by atoms with van der Waals surface area (Å²) in [5.74, 6) is -1.12. The number of nitro benzene ring substituents is 1. The van der Waals surface area contributed by atoms with Gasteiger partial charge in [-0.25, -0.2) is 9.18 Å². The summed E-state index contributed by atoms with van der Waals surface area (Å²) in [6, 6.07) is 9.47. The lowest BCUT2D eigenvalue weighted by Crippen LogP contribution is -2.10. The molecule has 0 amide bonds. The van der Waals surface area contributed by atoms with Crippen molar-refractivity contribution in [2.24, 2.45) is 0 Å². The Hall–Kier alpha value is -2.28. The number of halogens is 2. The van der Waals surface area contributed by atoms with Crippen LogP contribution < -0.4 is 0 Å². The van der Waals surface area contributed by atoms with E-state index in [0.29, 0.717) is 5.56 Å². The van der Waals surface area contributed by atoms with E-state index in [2.05, 4.69) is 15.9 Å². The minimum absolute atomic E-state index is 0.0802. The molecule has 114 valence electrons. The Balaban J connectivity index is 2.17. The number of esters is 1. The number of carbonyl (C=O) groups excluding carboxylic acids is 1. The summed E-state index contributed by atoms with van der Waals surface area (Å²) in [4.78, 5) is 22.3. The van der Waals surface area contributed by atoms with Gasteiger partial charge in [0.05, 0.1) is 10.5 Å². The van der Waals surface area contributed by atoms with Crippen LogP contribution >= 0.6 is 15.9 Å². The number of nitrogens with zero attached hydrogens (tertiary/aromatic N) is 1. The first kappa shape index (κ1) is 16.1. The average Bonchev–Trinajstić information content (AvgIpc) is 2.47. The van der Waals surface area contributed by atoms with Gasteiger partial charge >= 0.3 is 5.97 Å². The highest BCUT2D eigenvalue weighted by molar-refractivity contribution is 9.10. The number of non-ortho nitro benzene ring substituents is 1. The first-order chi connectivity index (χ1) is 10.4. The fraction of sp³-hybridized carbons (Fsp3) is 0.133. The highest BCUT2D eigenvalue weighted by Gasteiger charge is 2.18. The van der Waals surface area contributed by atoms with Crippen molar-refractivity contribution < 1.29 is 18.8 Å². The molecule has 0 saturated heterocycles. The van der Waals surface area contributed by atoms with Gasteiger partial charge in [-0.3, -0.25) is 10.1 Å². The molecule has 2 aromatic rings. The van der Waals surface area contributed by atoms with Gasteiger partial charge in [-0.1, -0.05) is 12.1 Å². The van der Waals surface area contributed by atoms with E-state index in [1.165, 1.54) is 24.3 Å². The Morgan fingerprint density at radius 1 is 1.32 bits per heavy atom. The number of carbonyl (C=O) groups is 1. The highest BCUT2D eigenvalue weighted by atomic mass is 79.9. The molecule has 0 heterocycles. The van der Waals surface area contributed by atoms with E-state index in [9.17, 15) is 19.3 Å². The summed E-state index contributed by atoms with van der Waals surface area (Å²) < 4.78 is 18.6. The molecule has 0 aliphatic carbocycles. The van der Waals surface area contributed by atoms with Crippen LogP contribution in [0, 0.1) is 15.9 Å². The van der Waals surface area contributed by atoms with Gasteiger partial charge in [-0.15, -0.1) is 0 Å². The van der Waals surface area contributed by atoms with E-state index in [-0.39, 0.29) is 15.7 Å². The molecule has 2 rings (SSSR count). The fourth-order valence-corrected chi connectivity index (χ4v) is 2.35. The van der Waals surface area contributed by atoms with Crippen LogP contribution in [0.5, 0.6) is 0 Å². The third kappa shape index (κ3) is 3.67. The summed E-state index contributed by atoms with van der Waals surface area (Å²) in [6.45, 7) is 1.61. The van der Waals surface area contributed by atoms with Gasteiger partial charge in [0.2, 0.25) is 0 Å². The van der Waals surface area contributed by atoms with Crippen molar-refractivity contribution in [1.82, 2.24) is 0 Å². The van der Waals surface area contributed by atoms with E-state index < -0.39 is 22.8 Å². The lowest BCUT2D eigenvalue weighted by atomic mass is 10.1. The van der Waals surface area contributed by atoms with Crippen molar-refractivity contribution in [1.29, 1.82) is 0 Å². The van der Waals surface area contributed by atoms with Crippen molar-refractivity contribution in [3.63, 3.8) is 0 Å². The van der Waals surface area contributed by atoms with Crippen LogP contribution in [0.1, 0.15) is 28.9 Å². The average molecular weight is 368 g/mol. The molecule has 0 bridgehead atoms. The number of nitro groups is 1. The summed E-state index contributed by atoms with van der Waals surface area (Å²) in [7, 11) is 0. The predicted molar refractivity (Wildman–Crippen MR) is 81.0 cm³/mol. The Kier molecular flexibility index (Phi) is 4.87.